The summed E-state index contributed by atoms with van der Waals surface area (Å²) in [5.74, 6) is -1.64. The summed E-state index contributed by atoms with van der Waals surface area (Å²) in [6.45, 7) is 5.91. The number of unbranched alkanes of at least 4 members (excludes halogenated alkanes) is 4. The Hall–Kier alpha value is -1.63. The number of carbonyl (C=O) groups is 3. The van der Waals surface area contributed by atoms with Crippen molar-refractivity contribution in [3.05, 3.63) is 0 Å². The summed E-state index contributed by atoms with van der Waals surface area (Å²) in [6, 6.07) is -0.516. The number of hydrogen-bond acceptors (Lipinski definition) is 4. The predicted octanol–water partition coefficient (Wildman–Crippen LogP) is 2.11. The number of hydrogen-bond donors (Lipinski definition) is 4. The summed E-state index contributed by atoms with van der Waals surface area (Å²) in [6.07, 6.45) is 7.05. The molecule has 0 bridgehead atoms. The molecule has 0 aromatic heterocycles. The molecule has 28 heavy (non-hydrogen) atoms. The lowest BCUT2D eigenvalue weighted by Crippen LogP contribution is -2.46. The van der Waals surface area contributed by atoms with Crippen LogP contribution in [0.2, 0.25) is 0 Å². The molecule has 0 aliphatic rings. The van der Waals surface area contributed by atoms with Gasteiger partial charge in [-0.05, 0) is 25.2 Å². The van der Waals surface area contributed by atoms with Crippen LogP contribution in [0.25, 0.3) is 0 Å². The Morgan fingerprint density at radius 3 is 2.14 bits per heavy atom. The largest absolute Gasteiger partial charge is 0.394 e. The van der Waals surface area contributed by atoms with Crippen LogP contribution >= 0.6 is 0 Å². The third kappa shape index (κ3) is 11.3. The molecule has 5 N–H and O–H groups in total. The molecule has 0 rings (SSSR count). The summed E-state index contributed by atoms with van der Waals surface area (Å²) in [5.41, 5.74) is 5.65. The van der Waals surface area contributed by atoms with Gasteiger partial charge in [-0.2, -0.15) is 0 Å². The molecule has 0 saturated heterocycles. The number of nitrogens with one attached hydrogen (secondary N) is 2. The van der Waals surface area contributed by atoms with Gasteiger partial charge in [0, 0.05) is 25.3 Å². The van der Waals surface area contributed by atoms with Gasteiger partial charge in [-0.25, -0.2) is 0 Å². The molecule has 7 nitrogen and oxygen atoms in total. The monoisotopic (exact) mass is 399 g/mol. The second-order valence-corrected chi connectivity index (χ2v) is 8.05. The van der Waals surface area contributed by atoms with E-state index < -0.39 is 23.8 Å². The maximum atomic E-state index is 12.9. The number of aliphatic hydroxyl groups is 1. The molecule has 0 aromatic rings. The summed E-state index contributed by atoms with van der Waals surface area (Å²) >= 11 is 0. The maximum absolute atomic E-state index is 12.9. The first-order valence-electron chi connectivity index (χ1n) is 10.7. The predicted molar refractivity (Wildman–Crippen MR) is 111 cm³/mol. The molecule has 0 fully saturated rings. The van der Waals surface area contributed by atoms with Gasteiger partial charge in [-0.3, -0.25) is 14.4 Å². The van der Waals surface area contributed by atoms with Crippen LogP contribution < -0.4 is 16.4 Å². The Labute approximate surface area is 170 Å². The normalized spacial score (nSPS) is 14.4. The summed E-state index contributed by atoms with van der Waals surface area (Å²) in [5, 5.41) is 14.9. The third-order valence-electron chi connectivity index (χ3n) is 5.10. The van der Waals surface area contributed by atoms with Gasteiger partial charge in [-0.15, -0.1) is 0 Å². The highest BCUT2D eigenvalue weighted by Crippen LogP contribution is 2.26. The highest BCUT2D eigenvalue weighted by Gasteiger charge is 2.33. The summed E-state index contributed by atoms with van der Waals surface area (Å²) in [4.78, 5) is 36.4. The summed E-state index contributed by atoms with van der Waals surface area (Å²) < 4.78 is 0. The average molecular weight is 400 g/mol. The van der Waals surface area contributed by atoms with Gasteiger partial charge >= 0.3 is 0 Å². The van der Waals surface area contributed by atoms with Gasteiger partial charge in [0.15, 0.2) is 0 Å². The van der Waals surface area contributed by atoms with Crippen LogP contribution in [-0.2, 0) is 14.4 Å². The van der Waals surface area contributed by atoms with Crippen molar-refractivity contribution in [1.29, 1.82) is 0 Å². The molecular formula is C21H41N3O4. The molecule has 3 atom stereocenters. The van der Waals surface area contributed by atoms with Crippen molar-refractivity contribution in [2.24, 2.45) is 23.5 Å². The van der Waals surface area contributed by atoms with E-state index in [1.165, 1.54) is 6.42 Å². The van der Waals surface area contributed by atoms with Crippen LogP contribution in [0.4, 0.5) is 0 Å². The Balaban J connectivity index is 5.01. The van der Waals surface area contributed by atoms with E-state index in [0.29, 0.717) is 19.3 Å². The van der Waals surface area contributed by atoms with Crippen molar-refractivity contribution in [3.8, 4) is 0 Å². The first-order chi connectivity index (χ1) is 13.3. The lowest BCUT2D eigenvalue weighted by atomic mass is 9.81. The minimum absolute atomic E-state index is 0.145. The molecule has 0 aliphatic heterocycles. The fourth-order valence-corrected chi connectivity index (χ4v) is 3.42. The zero-order chi connectivity index (χ0) is 21.5. The minimum Gasteiger partial charge on any atom is -0.394 e. The van der Waals surface area contributed by atoms with E-state index in [1.807, 2.05) is 13.8 Å². The molecule has 0 radical (unpaired) electrons. The minimum atomic E-state index is -0.516. The van der Waals surface area contributed by atoms with E-state index in [4.69, 9.17) is 5.73 Å². The van der Waals surface area contributed by atoms with Crippen molar-refractivity contribution < 1.29 is 19.5 Å². The van der Waals surface area contributed by atoms with Gasteiger partial charge in [0.1, 0.15) is 0 Å². The quantitative estimate of drug-likeness (QED) is 0.297. The Morgan fingerprint density at radius 1 is 1.00 bits per heavy atom. The molecule has 0 spiro atoms. The maximum Gasteiger partial charge on any atom is 0.224 e. The lowest BCUT2D eigenvalue weighted by molar-refractivity contribution is -0.135. The zero-order valence-corrected chi connectivity index (χ0v) is 18.1. The van der Waals surface area contributed by atoms with E-state index in [2.05, 4.69) is 17.6 Å². The number of carbonyl (C=O) groups excluding carboxylic acids is 3. The van der Waals surface area contributed by atoms with Gasteiger partial charge in [0.05, 0.1) is 12.6 Å². The number of nitrogens with two attached hydrogens (primary N) is 1. The van der Waals surface area contributed by atoms with E-state index in [9.17, 15) is 19.5 Å². The van der Waals surface area contributed by atoms with Crippen LogP contribution in [0.3, 0.4) is 0 Å². The van der Waals surface area contributed by atoms with Crippen molar-refractivity contribution in [2.75, 3.05) is 13.7 Å². The molecule has 164 valence electrons. The van der Waals surface area contributed by atoms with Crippen LogP contribution in [-0.4, -0.2) is 42.5 Å². The molecule has 0 aliphatic carbocycles. The molecule has 7 heteroatoms. The Morgan fingerprint density at radius 2 is 1.64 bits per heavy atom. The van der Waals surface area contributed by atoms with Crippen LogP contribution in [0.5, 0.6) is 0 Å². The Bertz CT molecular complexity index is 469. The van der Waals surface area contributed by atoms with Crippen LogP contribution in [0.1, 0.15) is 78.6 Å². The van der Waals surface area contributed by atoms with E-state index >= 15 is 0 Å². The lowest BCUT2D eigenvalue weighted by Gasteiger charge is -2.27. The van der Waals surface area contributed by atoms with Gasteiger partial charge in [0.2, 0.25) is 17.7 Å². The van der Waals surface area contributed by atoms with Crippen LogP contribution in [0.15, 0.2) is 0 Å². The van der Waals surface area contributed by atoms with E-state index in [-0.39, 0.29) is 30.8 Å². The Kier molecular flexibility index (Phi) is 14.4. The van der Waals surface area contributed by atoms with E-state index in [0.717, 1.165) is 25.7 Å². The molecule has 3 amide bonds. The highest BCUT2D eigenvalue weighted by molar-refractivity contribution is 5.87. The molecular weight excluding hydrogens is 358 g/mol. The fraction of sp³-hybridized carbons (Fsp3) is 0.857. The van der Waals surface area contributed by atoms with Crippen molar-refractivity contribution in [1.82, 2.24) is 10.6 Å². The number of aliphatic hydroxyl groups excluding tert-OH is 1. The van der Waals surface area contributed by atoms with Crippen LogP contribution in [0, 0.1) is 17.8 Å². The second kappa shape index (κ2) is 15.3. The molecule has 0 heterocycles. The number of amides is 3. The number of primary amides is 1. The van der Waals surface area contributed by atoms with Gasteiger partial charge < -0.3 is 21.5 Å². The van der Waals surface area contributed by atoms with Crippen molar-refractivity contribution >= 4 is 17.7 Å². The topological polar surface area (TPSA) is 122 Å². The zero-order valence-electron chi connectivity index (χ0n) is 18.1. The smallest absolute Gasteiger partial charge is 0.224 e. The SMILES string of the molecule is CCCCCCCC(C(N)=O)[C@H](CC(C)C)C(=O)N[C@H](CO)CCC(=O)NC. The number of rotatable bonds is 16. The van der Waals surface area contributed by atoms with Crippen molar-refractivity contribution in [3.63, 3.8) is 0 Å². The second-order valence-electron chi connectivity index (χ2n) is 8.05. The standard InChI is InChI=1S/C21H41N3O4/c1-5-6-7-8-9-10-17(20(22)27)18(13-15(2)3)21(28)24-16(14-25)11-12-19(26)23-4/h15-18,25H,5-14H2,1-4H3,(H2,22,27)(H,23,26)(H,24,28)/t16-,17?,18-/m0/s1. The first-order valence-corrected chi connectivity index (χ1v) is 10.7. The third-order valence-corrected chi connectivity index (χ3v) is 5.10. The fourth-order valence-electron chi connectivity index (χ4n) is 3.42. The molecule has 1 unspecified atom stereocenters. The molecule has 0 saturated carbocycles. The first kappa shape index (κ1) is 26.4. The van der Waals surface area contributed by atoms with Gasteiger partial charge in [0.25, 0.3) is 0 Å². The average Bonchev–Trinajstić information content (AvgIpc) is 2.65. The molecule has 0 aromatic carbocycles. The van der Waals surface area contributed by atoms with Gasteiger partial charge in [-0.1, -0.05) is 52.9 Å². The highest BCUT2D eigenvalue weighted by atomic mass is 16.3. The summed E-state index contributed by atoms with van der Waals surface area (Å²) in [7, 11) is 1.55. The van der Waals surface area contributed by atoms with Crippen molar-refractivity contribution in [2.45, 2.75) is 84.6 Å². The van der Waals surface area contributed by atoms with E-state index in [1.54, 1.807) is 7.05 Å².